The van der Waals surface area contributed by atoms with Gasteiger partial charge in [0.1, 0.15) is 48.0 Å². The lowest BCUT2D eigenvalue weighted by atomic mass is 9.96. The maximum atomic E-state index is 14.6. The van der Waals surface area contributed by atoms with Gasteiger partial charge in [-0.15, -0.1) is 0 Å². The third-order valence-electron chi connectivity index (χ3n) is 12.5. The molecular weight excluding hydrogens is 767 g/mol. The van der Waals surface area contributed by atoms with Crippen molar-refractivity contribution in [3.8, 4) is 5.75 Å². The van der Waals surface area contributed by atoms with Gasteiger partial charge in [-0.2, -0.15) is 0 Å². The summed E-state index contributed by atoms with van der Waals surface area (Å²) in [6.45, 7) is 8.40. The van der Waals surface area contributed by atoms with E-state index in [0.29, 0.717) is 56.9 Å². The van der Waals surface area contributed by atoms with Gasteiger partial charge < -0.3 is 41.1 Å². The van der Waals surface area contributed by atoms with Crippen molar-refractivity contribution < 1.29 is 38.7 Å². The first-order valence-electron chi connectivity index (χ1n) is 21.7. The molecule has 0 saturated carbocycles. The van der Waals surface area contributed by atoms with Crippen LogP contribution in [0.5, 0.6) is 5.75 Å². The van der Waals surface area contributed by atoms with Crippen LogP contribution < -0.4 is 21.3 Å². The van der Waals surface area contributed by atoms with Gasteiger partial charge in [-0.3, -0.25) is 33.6 Å². The number of benzene rings is 2. The quantitative estimate of drug-likeness (QED) is 0.267. The van der Waals surface area contributed by atoms with Gasteiger partial charge >= 0.3 is 0 Å². The monoisotopic (exact) mass is 827 g/mol. The molecule has 0 aromatic heterocycles. The highest BCUT2D eigenvalue weighted by atomic mass is 16.3. The fourth-order valence-corrected chi connectivity index (χ4v) is 9.07. The van der Waals surface area contributed by atoms with E-state index in [1.165, 1.54) is 26.8 Å². The molecule has 6 rings (SSSR count). The molecular formula is C45H61N7O8. The molecule has 4 fully saturated rings. The number of amides is 7. The molecule has 2 aromatic carbocycles. The Morgan fingerprint density at radius 2 is 0.983 bits per heavy atom. The molecule has 0 bridgehead atoms. The Morgan fingerprint density at radius 1 is 0.567 bits per heavy atom. The number of nitrogens with zero attached hydrogens (tertiary/aromatic N) is 3. The van der Waals surface area contributed by atoms with Crippen LogP contribution in [-0.4, -0.2) is 123 Å². The minimum absolute atomic E-state index is 0.00844. The number of carbonyl (C=O) groups excluding carboxylic acids is 7. The average molecular weight is 828 g/mol. The van der Waals surface area contributed by atoms with Gasteiger partial charge in [0.15, 0.2) is 0 Å². The summed E-state index contributed by atoms with van der Waals surface area (Å²) in [6, 6.07) is 8.56. The van der Waals surface area contributed by atoms with Crippen molar-refractivity contribution in [1.29, 1.82) is 0 Å². The molecule has 0 aliphatic carbocycles. The topological polar surface area (TPSA) is 198 Å². The number of phenolic OH excluding ortho intramolecular Hbond substituents is 1. The van der Waals surface area contributed by atoms with E-state index in [-0.39, 0.29) is 50.1 Å². The van der Waals surface area contributed by atoms with Gasteiger partial charge in [-0.1, -0.05) is 76.6 Å². The zero-order valence-electron chi connectivity index (χ0n) is 35.2. The van der Waals surface area contributed by atoms with E-state index < -0.39 is 83.6 Å². The minimum Gasteiger partial charge on any atom is -0.508 e. The van der Waals surface area contributed by atoms with Crippen molar-refractivity contribution >= 4 is 41.4 Å². The molecule has 8 atom stereocenters. The molecule has 0 radical (unpaired) electrons. The second-order valence-electron chi connectivity index (χ2n) is 17.3. The molecule has 7 amide bonds. The molecule has 60 heavy (non-hydrogen) atoms. The Hall–Kier alpha value is -5.47. The number of aromatic hydroxyl groups is 1. The second kappa shape index (κ2) is 19.7. The smallest absolute Gasteiger partial charge is 0.246 e. The van der Waals surface area contributed by atoms with Crippen LogP contribution in [0.25, 0.3) is 0 Å². The molecule has 4 saturated heterocycles. The lowest BCUT2D eigenvalue weighted by Crippen LogP contribution is -2.60. The molecule has 15 nitrogen and oxygen atoms in total. The van der Waals surface area contributed by atoms with E-state index in [2.05, 4.69) is 21.3 Å². The molecule has 4 heterocycles. The van der Waals surface area contributed by atoms with Crippen LogP contribution in [0.2, 0.25) is 0 Å². The highest BCUT2D eigenvalue weighted by Gasteiger charge is 2.45. The lowest BCUT2D eigenvalue weighted by Gasteiger charge is -2.33. The van der Waals surface area contributed by atoms with Gasteiger partial charge in [0.25, 0.3) is 0 Å². The van der Waals surface area contributed by atoms with Gasteiger partial charge in [0.05, 0.1) is 0 Å². The first-order chi connectivity index (χ1) is 28.7. The first-order valence-corrected chi connectivity index (χ1v) is 21.7. The Kier molecular flexibility index (Phi) is 14.5. The predicted octanol–water partition coefficient (Wildman–Crippen LogP) is 2.20. The van der Waals surface area contributed by atoms with E-state index in [0.717, 1.165) is 5.56 Å². The van der Waals surface area contributed by atoms with Gasteiger partial charge in [0.2, 0.25) is 41.4 Å². The van der Waals surface area contributed by atoms with E-state index >= 15 is 0 Å². The molecule has 2 aromatic rings. The SMILES string of the molecule is CC[C@H](C)[C@@H]1NC(=O)[C@@H]2CCCN2C(=O)C(Cc2ccc(O)cc2)NC(=O)[C@@H]2CCCN2C(=O)[C@H](CC(C)C)NC(=O)[C@@H]2CCCN2C(=O)[C@H](Cc2ccccc2)NC1=O. The molecule has 5 N–H and O–H groups in total. The zero-order chi connectivity index (χ0) is 43.1. The summed E-state index contributed by atoms with van der Waals surface area (Å²) in [5.74, 6) is -3.76. The van der Waals surface area contributed by atoms with Crippen LogP contribution >= 0.6 is 0 Å². The van der Waals surface area contributed by atoms with Crippen molar-refractivity contribution in [2.45, 2.75) is 134 Å². The molecule has 324 valence electrons. The standard InChI is InChI=1S/C45H61N7O8/c1-5-28(4)38-42(57)48-34(25-29-12-7-6-8-13-29)45(60)51-22-10-14-35(51)39(54)46-32(24-27(2)3)43(58)50-21-9-15-36(50)40(55)47-33(26-30-17-19-31(53)20-18-30)44(59)52-23-11-16-37(52)41(56)49-38/h6-8,12-13,17-20,27-28,32-38,53H,5,9-11,14-16,21-26H2,1-4H3,(H,46,54)(H,47,55)(H,48,57)(H,49,56)/t28-,32-,33?,34-,35-,36-,37-,38-/m0/s1. The maximum absolute atomic E-state index is 14.6. The minimum atomic E-state index is -1.12. The summed E-state index contributed by atoms with van der Waals surface area (Å²) in [5, 5.41) is 21.7. The summed E-state index contributed by atoms with van der Waals surface area (Å²) >= 11 is 0. The molecule has 0 spiro atoms. The number of nitrogens with one attached hydrogen (secondary N) is 4. The van der Waals surface area contributed by atoms with Crippen molar-refractivity contribution in [1.82, 2.24) is 36.0 Å². The summed E-state index contributed by atoms with van der Waals surface area (Å²) in [7, 11) is 0. The Morgan fingerprint density at radius 3 is 1.45 bits per heavy atom. The second-order valence-corrected chi connectivity index (χ2v) is 17.3. The fourth-order valence-electron chi connectivity index (χ4n) is 9.07. The fraction of sp³-hybridized carbons (Fsp3) is 0.578. The van der Waals surface area contributed by atoms with Crippen LogP contribution in [0, 0.1) is 11.8 Å². The lowest BCUT2D eigenvalue weighted by molar-refractivity contribution is -0.145. The Balaban J connectivity index is 1.39. The van der Waals surface area contributed by atoms with E-state index in [1.54, 1.807) is 12.1 Å². The Labute approximate surface area is 352 Å². The van der Waals surface area contributed by atoms with Gasteiger partial charge in [0, 0.05) is 32.5 Å². The number of carbonyl (C=O) groups is 7. The largest absolute Gasteiger partial charge is 0.508 e. The average Bonchev–Trinajstić information content (AvgIpc) is 4.04. The van der Waals surface area contributed by atoms with Crippen LogP contribution in [-0.2, 0) is 46.4 Å². The summed E-state index contributed by atoms with van der Waals surface area (Å²) in [4.78, 5) is 105. The highest BCUT2D eigenvalue weighted by Crippen LogP contribution is 2.26. The third-order valence-corrected chi connectivity index (χ3v) is 12.5. The first kappa shape index (κ1) is 44.1. The molecule has 4 aliphatic rings. The summed E-state index contributed by atoms with van der Waals surface area (Å²) in [6.07, 6.45) is 3.64. The van der Waals surface area contributed by atoms with Crippen molar-refractivity contribution in [3.05, 3.63) is 65.7 Å². The van der Waals surface area contributed by atoms with Crippen molar-refractivity contribution in [3.63, 3.8) is 0 Å². The number of fused-ring (bicyclic) bond motifs is 3. The zero-order valence-corrected chi connectivity index (χ0v) is 35.2. The normalized spacial score (nSPS) is 28.0. The summed E-state index contributed by atoms with van der Waals surface area (Å²) < 4.78 is 0. The molecule has 15 heteroatoms. The van der Waals surface area contributed by atoms with Crippen molar-refractivity contribution in [2.75, 3.05) is 19.6 Å². The van der Waals surface area contributed by atoms with Gasteiger partial charge in [-0.05, 0) is 80.0 Å². The van der Waals surface area contributed by atoms with Gasteiger partial charge in [-0.25, -0.2) is 0 Å². The molecule has 1 unspecified atom stereocenters. The van der Waals surface area contributed by atoms with Crippen molar-refractivity contribution in [2.24, 2.45) is 11.8 Å². The van der Waals surface area contributed by atoms with E-state index in [9.17, 15) is 38.7 Å². The number of hydrogen-bond donors (Lipinski definition) is 5. The maximum Gasteiger partial charge on any atom is 0.246 e. The van der Waals surface area contributed by atoms with Crippen LogP contribution in [0.4, 0.5) is 0 Å². The number of phenols is 1. The predicted molar refractivity (Wildman–Crippen MR) is 223 cm³/mol. The highest BCUT2D eigenvalue weighted by molar-refractivity contribution is 5.99. The number of hydrogen-bond acceptors (Lipinski definition) is 8. The number of rotatable bonds is 8. The van der Waals surface area contributed by atoms with Crippen LogP contribution in [0.3, 0.4) is 0 Å². The van der Waals surface area contributed by atoms with E-state index in [1.807, 2.05) is 58.0 Å². The summed E-state index contributed by atoms with van der Waals surface area (Å²) in [5.41, 5.74) is 1.45. The molecule has 4 aliphatic heterocycles. The third kappa shape index (κ3) is 10.3. The Bertz CT molecular complexity index is 1890. The van der Waals surface area contributed by atoms with Crippen LogP contribution in [0.1, 0.15) is 90.2 Å². The van der Waals surface area contributed by atoms with E-state index in [4.69, 9.17) is 0 Å². The van der Waals surface area contributed by atoms with Crippen LogP contribution in [0.15, 0.2) is 54.6 Å².